The topological polar surface area (TPSA) is 55.8 Å². The third-order valence-corrected chi connectivity index (χ3v) is 6.28. The van der Waals surface area contributed by atoms with Crippen LogP contribution in [-0.4, -0.2) is 47.8 Å². The third kappa shape index (κ3) is 5.30. The van der Waals surface area contributed by atoms with Crippen molar-refractivity contribution in [3.63, 3.8) is 0 Å². The van der Waals surface area contributed by atoms with Gasteiger partial charge in [-0.3, -0.25) is 9.69 Å². The Morgan fingerprint density at radius 2 is 1.53 bits per heavy atom. The Balaban J connectivity index is 1.39. The van der Waals surface area contributed by atoms with Crippen LogP contribution >= 0.6 is 0 Å². The van der Waals surface area contributed by atoms with Crippen LogP contribution in [0.1, 0.15) is 29.5 Å². The van der Waals surface area contributed by atoms with Gasteiger partial charge in [0.1, 0.15) is 6.23 Å². The average molecular weight is 487 g/mol. The van der Waals surface area contributed by atoms with Crippen molar-refractivity contribution in [3.8, 4) is 0 Å². The molecule has 34 heavy (non-hydrogen) atoms. The number of rotatable bonds is 4. The van der Waals surface area contributed by atoms with E-state index in [1.807, 2.05) is 4.90 Å². The summed E-state index contributed by atoms with van der Waals surface area (Å²) in [5.74, 6) is -0.392. The van der Waals surface area contributed by atoms with Crippen molar-refractivity contribution in [3.05, 3.63) is 59.2 Å². The first-order valence-electron chi connectivity index (χ1n) is 10.8. The van der Waals surface area contributed by atoms with Crippen LogP contribution in [0.25, 0.3) is 0 Å². The number of nitrogens with one attached hydrogen (secondary N) is 1. The maximum absolute atomic E-state index is 13.0. The molecule has 2 aliphatic rings. The molecule has 0 spiro atoms. The van der Waals surface area contributed by atoms with Crippen LogP contribution in [-0.2, 0) is 23.6 Å². The van der Waals surface area contributed by atoms with Crippen LogP contribution in [0.4, 0.5) is 37.7 Å². The van der Waals surface area contributed by atoms with Crippen molar-refractivity contribution in [2.45, 2.75) is 43.9 Å². The van der Waals surface area contributed by atoms with Gasteiger partial charge in [0.05, 0.1) is 29.0 Å². The van der Waals surface area contributed by atoms with Crippen molar-refractivity contribution in [2.75, 3.05) is 29.9 Å². The number of benzene rings is 2. The highest BCUT2D eigenvalue weighted by Gasteiger charge is 2.36. The van der Waals surface area contributed by atoms with Gasteiger partial charge in [-0.05, 0) is 48.7 Å². The molecule has 0 bridgehead atoms. The maximum atomic E-state index is 13.0. The molecule has 2 aromatic rings. The fourth-order valence-corrected chi connectivity index (χ4v) is 4.48. The molecule has 184 valence electrons. The molecule has 2 N–H and O–H groups in total. The number of carbonyl (C=O) groups excluding carboxylic acids is 1. The number of hydrogen-bond donors (Lipinski definition) is 2. The number of anilines is 2. The SMILES string of the molecule is O=C1CN(C2CCN(C(O)Cc3ccc(C(F)(F)F)cc3)CC2)c2ccc(C(F)(F)F)cc2N1. The zero-order valence-corrected chi connectivity index (χ0v) is 18.0. The molecule has 4 rings (SSSR count). The van der Waals surface area contributed by atoms with E-state index in [1.54, 1.807) is 4.90 Å². The maximum Gasteiger partial charge on any atom is 0.416 e. The number of carbonyl (C=O) groups is 1. The average Bonchev–Trinajstić information content (AvgIpc) is 2.77. The molecule has 1 amide bonds. The monoisotopic (exact) mass is 487 g/mol. The van der Waals surface area contributed by atoms with Crippen LogP contribution in [0, 0.1) is 0 Å². The summed E-state index contributed by atoms with van der Waals surface area (Å²) in [6.45, 7) is 0.970. The highest BCUT2D eigenvalue weighted by Crippen LogP contribution is 2.38. The van der Waals surface area contributed by atoms with Gasteiger partial charge in [0.2, 0.25) is 5.91 Å². The number of amides is 1. The summed E-state index contributed by atoms with van der Waals surface area (Å²) >= 11 is 0. The number of nitrogens with zero attached hydrogens (tertiary/aromatic N) is 2. The van der Waals surface area contributed by atoms with Gasteiger partial charge in [-0.2, -0.15) is 26.3 Å². The standard InChI is InChI=1S/C23H23F6N3O2/c24-22(25,26)15-3-1-14(2-4-15)11-21(34)31-9-7-17(8-10-31)32-13-20(33)30-18-12-16(23(27,28)29)5-6-19(18)32/h1-6,12,17,21,34H,7-11,13H2,(H,30,33). The molecule has 0 aliphatic carbocycles. The summed E-state index contributed by atoms with van der Waals surface area (Å²) in [5.41, 5.74) is -0.369. The summed E-state index contributed by atoms with van der Waals surface area (Å²) in [7, 11) is 0. The van der Waals surface area contributed by atoms with E-state index in [4.69, 9.17) is 0 Å². The molecule has 0 saturated carbocycles. The van der Waals surface area contributed by atoms with Crippen molar-refractivity contribution < 1.29 is 36.2 Å². The van der Waals surface area contributed by atoms with Gasteiger partial charge in [-0.1, -0.05) is 12.1 Å². The molecular weight excluding hydrogens is 464 g/mol. The van der Waals surface area contributed by atoms with Gasteiger partial charge in [-0.15, -0.1) is 0 Å². The molecule has 2 heterocycles. The predicted molar refractivity (Wildman–Crippen MR) is 113 cm³/mol. The molecular formula is C23H23F6N3O2. The van der Waals surface area contributed by atoms with E-state index >= 15 is 0 Å². The second kappa shape index (κ2) is 9.10. The Labute approximate surface area is 192 Å². The normalized spacial score (nSPS) is 19.0. The molecule has 1 fully saturated rings. The summed E-state index contributed by atoms with van der Waals surface area (Å²) < 4.78 is 77.3. The zero-order valence-electron chi connectivity index (χ0n) is 18.0. The van der Waals surface area contributed by atoms with Crippen molar-refractivity contribution in [1.82, 2.24) is 4.90 Å². The number of hydrogen-bond acceptors (Lipinski definition) is 4. The molecule has 2 aliphatic heterocycles. The van der Waals surface area contributed by atoms with Crippen LogP contribution in [0.15, 0.2) is 42.5 Å². The summed E-state index contributed by atoms with van der Waals surface area (Å²) in [4.78, 5) is 15.8. The summed E-state index contributed by atoms with van der Waals surface area (Å²) in [5, 5.41) is 13.1. The van der Waals surface area contributed by atoms with E-state index in [0.717, 1.165) is 24.3 Å². The highest BCUT2D eigenvalue weighted by molar-refractivity contribution is 6.01. The lowest BCUT2D eigenvalue weighted by Crippen LogP contribution is -2.51. The van der Waals surface area contributed by atoms with E-state index in [-0.39, 0.29) is 24.7 Å². The van der Waals surface area contributed by atoms with E-state index < -0.39 is 35.6 Å². The Hall–Kier alpha value is -2.79. The lowest BCUT2D eigenvalue weighted by atomic mass is 9.99. The van der Waals surface area contributed by atoms with E-state index in [9.17, 15) is 36.2 Å². The van der Waals surface area contributed by atoms with Gasteiger partial charge >= 0.3 is 12.4 Å². The minimum absolute atomic E-state index is 0.0249. The van der Waals surface area contributed by atoms with Gasteiger partial charge in [-0.25, -0.2) is 0 Å². The number of alkyl halides is 6. The molecule has 2 aromatic carbocycles. The fourth-order valence-electron chi connectivity index (χ4n) is 4.48. The molecule has 1 atom stereocenters. The minimum atomic E-state index is -4.52. The van der Waals surface area contributed by atoms with Gasteiger partial charge in [0.15, 0.2) is 0 Å². The number of fused-ring (bicyclic) bond motifs is 1. The zero-order chi connectivity index (χ0) is 24.7. The third-order valence-electron chi connectivity index (χ3n) is 6.28. The van der Waals surface area contributed by atoms with E-state index in [0.29, 0.717) is 37.2 Å². The number of aliphatic hydroxyl groups is 1. The number of piperidine rings is 1. The quantitative estimate of drug-likeness (QED) is 0.624. The second-order valence-corrected chi connectivity index (χ2v) is 8.55. The Bertz CT molecular complexity index is 1030. The summed E-state index contributed by atoms with van der Waals surface area (Å²) in [6, 6.07) is 7.84. The smallest absolute Gasteiger partial charge is 0.378 e. The van der Waals surface area contributed by atoms with Crippen LogP contribution in [0.3, 0.4) is 0 Å². The number of aliphatic hydroxyl groups excluding tert-OH is 1. The number of likely N-dealkylation sites (tertiary alicyclic amines) is 1. The minimum Gasteiger partial charge on any atom is -0.378 e. The lowest BCUT2D eigenvalue weighted by Gasteiger charge is -2.43. The summed E-state index contributed by atoms with van der Waals surface area (Å²) in [6.07, 6.45) is -8.52. The molecule has 0 aromatic heterocycles. The first kappa shape index (κ1) is 24.3. The first-order valence-corrected chi connectivity index (χ1v) is 10.8. The van der Waals surface area contributed by atoms with E-state index in [1.165, 1.54) is 18.2 Å². The van der Waals surface area contributed by atoms with Gasteiger partial charge in [0, 0.05) is 25.6 Å². The fraction of sp³-hybridized carbons (Fsp3) is 0.435. The van der Waals surface area contributed by atoms with Crippen LogP contribution in [0.2, 0.25) is 0 Å². The number of halogens is 6. The van der Waals surface area contributed by atoms with E-state index in [2.05, 4.69) is 5.32 Å². The first-order chi connectivity index (χ1) is 15.9. The molecule has 1 unspecified atom stereocenters. The molecule has 5 nitrogen and oxygen atoms in total. The largest absolute Gasteiger partial charge is 0.416 e. The van der Waals surface area contributed by atoms with Gasteiger partial charge < -0.3 is 15.3 Å². The molecule has 0 radical (unpaired) electrons. The molecule has 11 heteroatoms. The highest BCUT2D eigenvalue weighted by atomic mass is 19.4. The predicted octanol–water partition coefficient (Wildman–Crippen LogP) is 4.51. The van der Waals surface area contributed by atoms with Crippen molar-refractivity contribution >= 4 is 17.3 Å². The lowest BCUT2D eigenvalue weighted by molar-refractivity contribution is -0.138. The van der Waals surface area contributed by atoms with Crippen LogP contribution in [0.5, 0.6) is 0 Å². The van der Waals surface area contributed by atoms with Crippen LogP contribution < -0.4 is 10.2 Å². The Kier molecular flexibility index (Phi) is 6.52. The van der Waals surface area contributed by atoms with Crippen molar-refractivity contribution in [1.29, 1.82) is 0 Å². The second-order valence-electron chi connectivity index (χ2n) is 8.55. The molecule has 1 saturated heterocycles. The Morgan fingerprint density at radius 1 is 0.941 bits per heavy atom. The Morgan fingerprint density at radius 3 is 2.12 bits per heavy atom. The van der Waals surface area contributed by atoms with Crippen molar-refractivity contribution in [2.24, 2.45) is 0 Å². The van der Waals surface area contributed by atoms with Gasteiger partial charge in [0.25, 0.3) is 0 Å².